The van der Waals surface area contributed by atoms with Crippen molar-refractivity contribution in [3.63, 3.8) is 0 Å². The van der Waals surface area contributed by atoms with Crippen LogP contribution in [-0.2, 0) is 0 Å². The van der Waals surface area contributed by atoms with Gasteiger partial charge in [0.1, 0.15) is 0 Å². The van der Waals surface area contributed by atoms with Crippen molar-refractivity contribution in [1.82, 2.24) is 5.32 Å². The molecule has 0 rings (SSSR count). The second-order valence-corrected chi connectivity index (χ2v) is 6.90. The highest BCUT2D eigenvalue weighted by molar-refractivity contribution is 4.68. The molecule has 0 saturated heterocycles. The second-order valence-electron chi connectivity index (χ2n) is 6.90. The Morgan fingerprint density at radius 2 is 1.25 bits per heavy atom. The molecule has 0 aromatic rings. The van der Waals surface area contributed by atoms with Gasteiger partial charge >= 0.3 is 0 Å². The molecule has 0 aliphatic rings. The molecule has 1 heteroatoms. The van der Waals surface area contributed by atoms with Gasteiger partial charge in [-0.1, -0.05) is 85.5 Å². The number of hydrogen-bond acceptors (Lipinski definition) is 1. The van der Waals surface area contributed by atoms with Crippen LogP contribution in [-0.4, -0.2) is 12.6 Å². The fraction of sp³-hybridized carbons (Fsp3) is 1.00. The van der Waals surface area contributed by atoms with E-state index in [0.717, 1.165) is 12.0 Å². The Balaban J connectivity index is 3.43. The third-order valence-corrected chi connectivity index (χ3v) is 4.10. The zero-order valence-electron chi connectivity index (χ0n) is 14.8. The van der Waals surface area contributed by atoms with Crippen molar-refractivity contribution in [2.75, 3.05) is 6.54 Å². The molecule has 0 radical (unpaired) electrons. The SMILES string of the molecule is CCCCCCCCCCCC(CC(C)C)NCCC. The van der Waals surface area contributed by atoms with E-state index in [0.29, 0.717) is 0 Å². The van der Waals surface area contributed by atoms with Crippen LogP contribution < -0.4 is 5.32 Å². The molecule has 0 amide bonds. The molecular formula is C19H41N. The van der Waals surface area contributed by atoms with Gasteiger partial charge in [-0.05, 0) is 31.7 Å². The van der Waals surface area contributed by atoms with Crippen LogP contribution in [0.2, 0.25) is 0 Å². The zero-order valence-corrected chi connectivity index (χ0v) is 14.8. The van der Waals surface area contributed by atoms with Crippen LogP contribution in [0.25, 0.3) is 0 Å². The van der Waals surface area contributed by atoms with E-state index in [-0.39, 0.29) is 0 Å². The van der Waals surface area contributed by atoms with Crippen LogP contribution in [0.3, 0.4) is 0 Å². The van der Waals surface area contributed by atoms with Gasteiger partial charge in [0.15, 0.2) is 0 Å². The largest absolute Gasteiger partial charge is 0.314 e. The lowest BCUT2D eigenvalue weighted by Gasteiger charge is -2.20. The molecule has 1 unspecified atom stereocenters. The molecule has 0 heterocycles. The van der Waals surface area contributed by atoms with E-state index in [1.165, 1.54) is 83.6 Å². The molecule has 0 saturated carbocycles. The maximum atomic E-state index is 3.73. The fourth-order valence-corrected chi connectivity index (χ4v) is 2.92. The van der Waals surface area contributed by atoms with E-state index in [1.807, 2.05) is 0 Å². The van der Waals surface area contributed by atoms with E-state index in [1.54, 1.807) is 0 Å². The van der Waals surface area contributed by atoms with Gasteiger partial charge in [-0.3, -0.25) is 0 Å². The molecule has 1 N–H and O–H groups in total. The Bertz CT molecular complexity index is 177. The first-order valence-electron chi connectivity index (χ1n) is 9.44. The molecule has 0 aromatic carbocycles. The molecule has 0 spiro atoms. The van der Waals surface area contributed by atoms with Crippen LogP contribution in [0.4, 0.5) is 0 Å². The highest BCUT2D eigenvalue weighted by Gasteiger charge is 2.09. The molecule has 20 heavy (non-hydrogen) atoms. The summed E-state index contributed by atoms with van der Waals surface area (Å²) >= 11 is 0. The van der Waals surface area contributed by atoms with Gasteiger partial charge in [0.2, 0.25) is 0 Å². The molecule has 1 nitrogen and oxygen atoms in total. The molecular weight excluding hydrogens is 242 g/mol. The van der Waals surface area contributed by atoms with Crippen molar-refractivity contribution >= 4 is 0 Å². The quantitative estimate of drug-likeness (QED) is 0.347. The second kappa shape index (κ2) is 15.4. The predicted molar refractivity (Wildman–Crippen MR) is 93.4 cm³/mol. The summed E-state index contributed by atoms with van der Waals surface area (Å²) in [6.07, 6.45) is 16.9. The summed E-state index contributed by atoms with van der Waals surface area (Å²) in [6, 6.07) is 0.763. The standard InChI is InChI=1S/C19H41N/c1-5-7-8-9-10-11-12-13-14-15-19(17-18(3)4)20-16-6-2/h18-20H,5-17H2,1-4H3. The predicted octanol–water partition coefficient (Wildman–Crippen LogP) is 6.32. The van der Waals surface area contributed by atoms with Gasteiger partial charge in [0, 0.05) is 6.04 Å². The Kier molecular flexibility index (Phi) is 15.3. The first kappa shape index (κ1) is 20.0. The first-order chi connectivity index (χ1) is 9.70. The van der Waals surface area contributed by atoms with E-state index in [4.69, 9.17) is 0 Å². The minimum Gasteiger partial charge on any atom is -0.314 e. The maximum Gasteiger partial charge on any atom is 0.00694 e. The van der Waals surface area contributed by atoms with Crippen LogP contribution in [0.15, 0.2) is 0 Å². The lowest BCUT2D eigenvalue weighted by atomic mass is 9.97. The summed E-state index contributed by atoms with van der Waals surface area (Å²) in [5.41, 5.74) is 0. The minimum absolute atomic E-state index is 0.763. The summed E-state index contributed by atoms with van der Waals surface area (Å²) in [4.78, 5) is 0. The van der Waals surface area contributed by atoms with Crippen molar-refractivity contribution in [2.24, 2.45) is 5.92 Å². The lowest BCUT2D eigenvalue weighted by Crippen LogP contribution is -2.31. The minimum atomic E-state index is 0.763. The smallest absolute Gasteiger partial charge is 0.00694 e. The summed E-state index contributed by atoms with van der Waals surface area (Å²) < 4.78 is 0. The normalized spacial score (nSPS) is 13.1. The van der Waals surface area contributed by atoms with Crippen molar-refractivity contribution in [3.8, 4) is 0 Å². The molecule has 122 valence electrons. The third-order valence-electron chi connectivity index (χ3n) is 4.10. The summed E-state index contributed by atoms with van der Waals surface area (Å²) in [7, 11) is 0. The lowest BCUT2D eigenvalue weighted by molar-refractivity contribution is 0.384. The van der Waals surface area contributed by atoms with E-state index in [2.05, 4.69) is 33.0 Å². The van der Waals surface area contributed by atoms with Crippen LogP contribution >= 0.6 is 0 Å². The van der Waals surface area contributed by atoms with Crippen molar-refractivity contribution in [2.45, 2.75) is 111 Å². The van der Waals surface area contributed by atoms with E-state index in [9.17, 15) is 0 Å². The first-order valence-corrected chi connectivity index (χ1v) is 9.44. The average molecular weight is 284 g/mol. The molecule has 0 aliphatic carbocycles. The van der Waals surface area contributed by atoms with Crippen LogP contribution in [0.5, 0.6) is 0 Å². The van der Waals surface area contributed by atoms with Gasteiger partial charge in [0.25, 0.3) is 0 Å². The van der Waals surface area contributed by atoms with Gasteiger partial charge in [-0.2, -0.15) is 0 Å². The van der Waals surface area contributed by atoms with Crippen molar-refractivity contribution in [1.29, 1.82) is 0 Å². The monoisotopic (exact) mass is 283 g/mol. The van der Waals surface area contributed by atoms with Crippen LogP contribution in [0.1, 0.15) is 105 Å². The summed E-state index contributed by atoms with van der Waals surface area (Å²) in [6.45, 7) is 10.4. The fourth-order valence-electron chi connectivity index (χ4n) is 2.92. The number of nitrogens with one attached hydrogen (secondary N) is 1. The number of hydrogen-bond donors (Lipinski definition) is 1. The van der Waals surface area contributed by atoms with Crippen molar-refractivity contribution < 1.29 is 0 Å². The Morgan fingerprint density at radius 1 is 0.700 bits per heavy atom. The van der Waals surface area contributed by atoms with Crippen LogP contribution in [0, 0.1) is 5.92 Å². The molecule has 0 fully saturated rings. The summed E-state index contributed by atoms with van der Waals surface area (Å²) in [5, 5.41) is 3.73. The van der Waals surface area contributed by atoms with Gasteiger partial charge < -0.3 is 5.32 Å². The van der Waals surface area contributed by atoms with Crippen molar-refractivity contribution in [3.05, 3.63) is 0 Å². The Labute approximate surface area is 129 Å². The van der Waals surface area contributed by atoms with Gasteiger partial charge in [0.05, 0.1) is 0 Å². The molecule has 0 bridgehead atoms. The highest BCUT2D eigenvalue weighted by Crippen LogP contribution is 2.14. The van der Waals surface area contributed by atoms with E-state index >= 15 is 0 Å². The number of unbranched alkanes of at least 4 members (excludes halogenated alkanes) is 8. The Morgan fingerprint density at radius 3 is 1.75 bits per heavy atom. The summed E-state index contributed by atoms with van der Waals surface area (Å²) in [5.74, 6) is 0.822. The zero-order chi connectivity index (χ0) is 15.1. The topological polar surface area (TPSA) is 12.0 Å². The van der Waals surface area contributed by atoms with Gasteiger partial charge in [-0.15, -0.1) is 0 Å². The molecule has 0 aromatic heterocycles. The number of rotatable bonds is 15. The average Bonchev–Trinajstić information content (AvgIpc) is 2.42. The maximum absolute atomic E-state index is 3.73. The highest BCUT2D eigenvalue weighted by atomic mass is 14.9. The molecule has 0 aliphatic heterocycles. The van der Waals surface area contributed by atoms with E-state index < -0.39 is 0 Å². The third kappa shape index (κ3) is 14.4. The van der Waals surface area contributed by atoms with Gasteiger partial charge in [-0.25, -0.2) is 0 Å². The molecule has 1 atom stereocenters. The Hall–Kier alpha value is -0.0400.